The molecule has 1 aliphatic carbocycles. The van der Waals surface area contributed by atoms with Crippen molar-refractivity contribution in [2.75, 3.05) is 6.54 Å². The first-order valence-corrected chi connectivity index (χ1v) is 12.1. The van der Waals surface area contributed by atoms with Gasteiger partial charge in [-0.05, 0) is 68.0 Å². The third-order valence-electron chi connectivity index (χ3n) is 6.25. The summed E-state index contributed by atoms with van der Waals surface area (Å²) in [6.07, 6.45) is 9.48. The van der Waals surface area contributed by atoms with Crippen LogP contribution in [0.25, 0.3) is 0 Å². The fraction of sp³-hybridized carbons (Fsp3) is 0.385. The molecule has 0 spiro atoms. The number of nitrogens with zero attached hydrogens (tertiary/aromatic N) is 2. The van der Waals surface area contributed by atoms with Gasteiger partial charge in [0.1, 0.15) is 11.9 Å². The smallest absolute Gasteiger partial charge is 0.326 e. The van der Waals surface area contributed by atoms with Gasteiger partial charge in [-0.2, -0.15) is 0 Å². The van der Waals surface area contributed by atoms with E-state index in [0.717, 1.165) is 36.3 Å². The number of rotatable bonds is 12. The summed E-state index contributed by atoms with van der Waals surface area (Å²) < 4.78 is 0. The number of aryl methyl sites for hydroxylation is 1. The lowest BCUT2D eigenvalue weighted by molar-refractivity contribution is -0.139. The highest BCUT2D eigenvalue weighted by molar-refractivity contribution is 5.96. The van der Waals surface area contributed by atoms with Gasteiger partial charge < -0.3 is 26.0 Å². The molecule has 4 rings (SSSR count). The van der Waals surface area contributed by atoms with E-state index in [-0.39, 0.29) is 11.9 Å². The number of benzene rings is 1. The average Bonchev–Trinajstić information content (AvgIpc) is 3.39. The van der Waals surface area contributed by atoms with Crippen molar-refractivity contribution in [2.24, 2.45) is 0 Å². The highest BCUT2D eigenvalue weighted by Crippen LogP contribution is 2.27. The summed E-state index contributed by atoms with van der Waals surface area (Å²) >= 11 is 0. The lowest BCUT2D eigenvalue weighted by Crippen LogP contribution is -2.41. The fourth-order valence-corrected chi connectivity index (χ4v) is 4.38. The number of carbonyl (C=O) groups is 2. The van der Waals surface area contributed by atoms with Crippen LogP contribution in [0.4, 0.5) is 0 Å². The number of nitrogens with one attached hydrogen (secondary N) is 4. The van der Waals surface area contributed by atoms with Crippen LogP contribution in [0.2, 0.25) is 0 Å². The highest BCUT2D eigenvalue weighted by Gasteiger charge is 2.22. The second kappa shape index (κ2) is 12.2. The van der Waals surface area contributed by atoms with Crippen molar-refractivity contribution in [3.63, 3.8) is 0 Å². The summed E-state index contributed by atoms with van der Waals surface area (Å²) in [5, 5.41) is 19.1. The molecular weight excluding hydrogens is 444 g/mol. The Balaban J connectivity index is 1.21. The first kappa shape index (κ1) is 24.6. The standard InChI is InChI=1S/C26H32N6O3/c33-25(20-10-8-18(9-11-20)16-27-17-23-29-14-15-30-23)32-22(26(34)35)7-3-12-28-21-6-1-4-19-5-2-13-31-24(19)21/h2,5,8-11,13-15,21-22,27-28H,1,3-4,6-7,12,16-17H2,(H,29,30)(H,32,33)(H,34,35)/t21?,22-/m0/s1. The fourth-order valence-electron chi connectivity index (χ4n) is 4.38. The number of pyridine rings is 1. The van der Waals surface area contributed by atoms with Crippen LogP contribution >= 0.6 is 0 Å². The Hall–Kier alpha value is -3.56. The molecule has 0 aliphatic heterocycles. The van der Waals surface area contributed by atoms with E-state index in [0.29, 0.717) is 38.0 Å². The molecule has 9 heteroatoms. The number of fused-ring (bicyclic) bond motifs is 1. The summed E-state index contributed by atoms with van der Waals surface area (Å²) in [7, 11) is 0. The number of hydrogen-bond acceptors (Lipinski definition) is 6. The first-order valence-electron chi connectivity index (χ1n) is 12.1. The minimum atomic E-state index is -1.03. The van der Waals surface area contributed by atoms with E-state index >= 15 is 0 Å². The van der Waals surface area contributed by atoms with Gasteiger partial charge in [0.2, 0.25) is 0 Å². The van der Waals surface area contributed by atoms with Gasteiger partial charge in [-0.15, -0.1) is 0 Å². The molecule has 0 saturated heterocycles. The zero-order valence-corrected chi connectivity index (χ0v) is 19.7. The summed E-state index contributed by atoms with van der Waals surface area (Å²) in [5.41, 5.74) is 3.84. The number of amides is 1. The summed E-state index contributed by atoms with van der Waals surface area (Å²) in [6, 6.07) is 10.5. The van der Waals surface area contributed by atoms with Gasteiger partial charge in [-0.25, -0.2) is 9.78 Å². The number of H-pyrrole nitrogens is 1. The van der Waals surface area contributed by atoms with Gasteiger partial charge in [0.15, 0.2) is 0 Å². The summed E-state index contributed by atoms with van der Waals surface area (Å²) in [4.78, 5) is 36.1. The molecule has 3 aromatic rings. The molecule has 0 bridgehead atoms. The lowest BCUT2D eigenvalue weighted by atomic mass is 9.92. The van der Waals surface area contributed by atoms with E-state index in [1.165, 1.54) is 5.56 Å². The number of aromatic amines is 1. The molecule has 0 radical (unpaired) electrons. The largest absolute Gasteiger partial charge is 0.480 e. The molecule has 1 aromatic carbocycles. The van der Waals surface area contributed by atoms with E-state index in [1.54, 1.807) is 24.5 Å². The molecule has 1 aliphatic rings. The van der Waals surface area contributed by atoms with Crippen molar-refractivity contribution in [1.82, 2.24) is 30.9 Å². The minimum absolute atomic E-state index is 0.199. The lowest BCUT2D eigenvalue weighted by Gasteiger charge is -2.25. The number of carbonyl (C=O) groups excluding carboxylic acids is 1. The van der Waals surface area contributed by atoms with Gasteiger partial charge >= 0.3 is 5.97 Å². The number of imidazole rings is 1. The van der Waals surface area contributed by atoms with Gasteiger partial charge in [-0.3, -0.25) is 9.78 Å². The van der Waals surface area contributed by atoms with Crippen LogP contribution in [-0.2, 0) is 24.3 Å². The Bertz CT molecular complexity index is 1100. The Morgan fingerprint density at radius 1 is 1.11 bits per heavy atom. The number of carboxylic acids is 1. The molecule has 1 amide bonds. The minimum Gasteiger partial charge on any atom is -0.480 e. The molecular formula is C26H32N6O3. The van der Waals surface area contributed by atoms with Gasteiger partial charge in [-0.1, -0.05) is 18.2 Å². The van der Waals surface area contributed by atoms with Crippen molar-refractivity contribution < 1.29 is 14.7 Å². The highest BCUT2D eigenvalue weighted by atomic mass is 16.4. The van der Waals surface area contributed by atoms with Crippen molar-refractivity contribution in [3.05, 3.63) is 83.2 Å². The normalized spacial score (nSPS) is 15.8. The van der Waals surface area contributed by atoms with E-state index in [9.17, 15) is 14.7 Å². The van der Waals surface area contributed by atoms with E-state index in [2.05, 4.69) is 37.0 Å². The van der Waals surface area contributed by atoms with Crippen LogP contribution in [0.3, 0.4) is 0 Å². The Kier molecular flexibility index (Phi) is 8.58. The second-order valence-corrected chi connectivity index (χ2v) is 8.79. The van der Waals surface area contributed by atoms with Crippen molar-refractivity contribution in [1.29, 1.82) is 0 Å². The SMILES string of the molecule is O=C(N[C@@H](CCCNC1CCCc2cccnc21)C(=O)O)c1ccc(CNCc2ncc[nH]2)cc1. The van der Waals surface area contributed by atoms with Crippen LogP contribution in [0, 0.1) is 0 Å². The number of carboxylic acid groups (broad SMARTS) is 1. The van der Waals surface area contributed by atoms with Gasteiger partial charge in [0.25, 0.3) is 5.91 Å². The zero-order chi connectivity index (χ0) is 24.5. The van der Waals surface area contributed by atoms with Crippen molar-refractivity contribution >= 4 is 11.9 Å². The molecule has 2 aromatic heterocycles. The molecule has 0 fully saturated rings. The van der Waals surface area contributed by atoms with Crippen LogP contribution in [0.15, 0.2) is 55.0 Å². The maximum absolute atomic E-state index is 12.6. The number of aromatic nitrogens is 3. The van der Waals surface area contributed by atoms with Gasteiger partial charge in [0.05, 0.1) is 12.2 Å². The monoisotopic (exact) mass is 476 g/mol. The predicted molar refractivity (Wildman–Crippen MR) is 132 cm³/mol. The molecule has 35 heavy (non-hydrogen) atoms. The topological polar surface area (TPSA) is 132 Å². The summed E-state index contributed by atoms with van der Waals surface area (Å²) in [6.45, 7) is 1.92. The van der Waals surface area contributed by atoms with E-state index in [4.69, 9.17) is 0 Å². The molecule has 2 heterocycles. The Morgan fingerprint density at radius 3 is 2.74 bits per heavy atom. The van der Waals surface area contributed by atoms with Gasteiger partial charge in [0, 0.05) is 36.7 Å². The molecule has 0 saturated carbocycles. The first-order chi connectivity index (χ1) is 17.1. The Morgan fingerprint density at radius 2 is 1.97 bits per heavy atom. The number of aliphatic carboxylic acids is 1. The average molecular weight is 477 g/mol. The van der Waals surface area contributed by atoms with Crippen LogP contribution in [0.1, 0.15) is 64.7 Å². The van der Waals surface area contributed by atoms with Crippen molar-refractivity contribution in [3.8, 4) is 0 Å². The third-order valence-corrected chi connectivity index (χ3v) is 6.25. The predicted octanol–water partition coefficient (Wildman–Crippen LogP) is 2.72. The Labute approximate surface area is 204 Å². The molecule has 9 nitrogen and oxygen atoms in total. The van der Waals surface area contributed by atoms with Crippen LogP contribution < -0.4 is 16.0 Å². The van der Waals surface area contributed by atoms with Crippen LogP contribution in [0.5, 0.6) is 0 Å². The quantitative estimate of drug-likeness (QED) is 0.254. The maximum Gasteiger partial charge on any atom is 0.326 e. The van der Waals surface area contributed by atoms with Crippen LogP contribution in [-0.4, -0.2) is 44.5 Å². The third kappa shape index (κ3) is 6.97. The maximum atomic E-state index is 12.6. The van der Waals surface area contributed by atoms with Crippen molar-refractivity contribution in [2.45, 2.75) is 57.3 Å². The molecule has 5 N–H and O–H groups in total. The van der Waals surface area contributed by atoms with E-state index in [1.807, 2.05) is 24.4 Å². The zero-order valence-electron chi connectivity index (χ0n) is 19.7. The molecule has 2 atom stereocenters. The molecule has 1 unspecified atom stereocenters. The second-order valence-electron chi connectivity index (χ2n) is 8.79. The summed E-state index contributed by atoms with van der Waals surface area (Å²) in [5.74, 6) is -0.552. The molecule has 184 valence electrons. The van der Waals surface area contributed by atoms with E-state index < -0.39 is 12.0 Å². The number of hydrogen-bond donors (Lipinski definition) is 5.